The van der Waals surface area contributed by atoms with E-state index in [4.69, 9.17) is 4.42 Å². The molecule has 1 atom stereocenters. The van der Waals surface area contributed by atoms with E-state index in [1.165, 1.54) is 12.3 Å². The monoisotopic (exact) mass is 210 g/mol. The fraction of sp³-hybridized carbons (Fsp3) is 0.0909. The molecule has 1 N–H and O–H groups in total. The number of aliphatic hydroxyl groups excluding tert-OH is 1. The molecule has 2 rings (SSSR count). The first kappa shape index (κ1) is 9.86. The van der Waals surface area contributed by atoms with Crippen molar-refractivity contribution in [2.45, 2.75) is 6.10 Å². The molecular formula is C11H8F2O2. The van der Waals surface area contributed by atoms with E-state index in [9.17, 15) is 13.9 Å². The van der Waals surface area contributed by atoms with Crippen LogP contribution in [0.3, 0.4) is 0 Å². The molecule has 2 nitrogen and oxygen atoms in total. The summed E-state index contributed by atoms with van der Waals surface area (Å²) in [6, 6.07) is 5.97. The molecule has 0 aliphatic heterocycles. The first-order valence-corrected chi connectivity index (χ1v) is 4.35. The van der Waals surface area contributed by atoms with Gasteiger partial charge >= 0.3 is 0 Å². The maximum absolute atomic E-state index is 13.2. The zero-order valence-corrected chi connectivity index (χ0v) is 7.65. The normalized spacial score (nSPS) is 12.7. The number of rotatable bonds is 2. The van der Waals surface area contributed by atoms with Crippen LogP contribution in [0.25, 0.3) is 0 Å². The van der Waals surface area contributed by atoms with Gasteiger partial charge in [0, 0.05) is 5.56 Å². The van der Waals surface area contributed by atoms with E-state index in [0.717, 1.165) is 18.2 Å². The van der Waals surface area contributed by atoms with Crippen LogP contribution >= 0.6 is 0 Å². The van der Waals surface area contributed by atoms with Crippen molar-refractivity contribution in [2.24, 2.45) is 0 Å². The number of benzene rings is 1. The minimum atomic E-state index is -1.28. The highest BCUT2D eigenvalue weighted by molar-refractivity contribution is 5.26. The fourth-order valence-corrected chi connectivity index (χ4v) is 1.32. The van der Waals surface area contributed by atoms with Crippen LogP contribution in [0, 0.1) is 11.6 Å². The first-order valence-electron chi connectivity index (χ1n) is 4.35. The second-order valence-electron chi connectivity index (χ2n) is 3.08. The zero-order chi connectivity index (χ0) is 10.8. The highest BCUT2D eigenvalue weighted by Gasteiger charge is 2.17. The van der Waals surface area contributed by atoms with Gasteiger partial charge in [-0.1, -0.05) is 0 Å². The Labute approximate surface area is 84.8 Å². The Morgan fingerprint density at radius 1 is 1.20 bits per heavy atom. The summed E-state index contributed by atoms with van der Waals surface area (Å²) in [6.07, 6.45) is 0.0751. The maximum atomic E-state index is 13.2. The van der Waals surface area contributed by atoms with Crippen LogP contribution in [0.1, 0.15) is 17.4 Å². The summed E-state index contributed by atoms with van der Waals surface area (Å²) in [4.78, 5) is 0. The van der Waals surface area contributed by atoms with E-state index in [0.29, 0.717) is 0 Å². The maximum Gasteiger partial charge on any atom is 0.140 e. The number of hydrogen-bond acceptors (Lipinski definition) is 2. The minimum absolute atomic E-state index is 0.134. The Morgan fingerprint density at radius 2 is 2.00 bits per heavy atom. The standard InChI is InChI=1S/C11H8F2O2/c12-7-3-4-9(13)8(6-7)11(14)10-2-1-5-15-10/h1-6,11,14H. The molecule has 15 heavy (non-hydrogen) atoms. The van der Waals surface area contributed by atoms with E-state index >= 15 is 0 Å². The van der Waals surface area contributed by atoms with Crippen LogP contribution in [0.2, 0.25) is 0 Å². The molecule has 78 valence electrons. The molecule has 1 aromatic carbocycles. The van der Waals surface area contributed by atoms with Gasteiger partial charge in [-0.3, -0.25) is 0 Å². The van der Waals surface area contributed by atoms with Gasteiger partial charge in [0.15, 0.2) is 0 Å². The van der Waals surface area contributed by atoms with Gasteiger partial charge in [0.2, 0.25) is 0 Å². The average molecular weight is 210 g/mol. The lowest BCUT2D eigenvalue weighted by atomic mass is 10.1. The van der Waals surface area contributed by atoms with Crippen LogP contribution in [0.4, 0.5) is 8.78 Å². The molecule has 0 saturated heterocycles. The summed E-state index contributed by atoms with van der Waals surface area (Å²) in [7, 11) is 0. The Bertz CT molecular complexity index is 452. The highest BCUT2D eigenvalue weighted by atomic mass is 19.1. The second kappa shape index (κ2) is 3.82. The molecule has 0 aliphatic carbocycles. The lowest BCUT2D eigenvalue weighted by Crippen LogP contribution is -2.01. The summed E-state index contributed by atoms with van der Waals surface area (Å²) in [5.74, 6) is -1.09. The molecule has 0 aliphatic rings. The summed E-state index contributed by atoms with van der Waals surface area (Å²) < 4.78 is 31.0. The van der Waals surface area contributed by atoms with Crippen molar-refractivity contribution < 1.29 is 18.3 Å². The third kappa shape index (κ3) is 1.89. The first-order chi connectivity index (χ1) is 7.18. The molecule has 0 bridgehead atoms. The summed E-state index contributed by atoms with van der Waals surface area (Å²) in [6.45, 7) is 0. The lowest BCUT2D eigenvalue weighted by Gasteiger charge is -2.08. The smallest absolute Gasteiger partial charge is 0.140 e. The lowest BCUT2D eigenvalue weighted by molar-refractivity contribution is 0.184. The van der Waals surface area contributed by atoms with E-state index in [1.54, 1.807) is 6.07 Å². The van der Waals surface area contributed by atoms with Gasteiger partial charge in [-0.15, -0.1) is 0 Å². The molecule has 0 spiro atoms. The van der Waals surface area contributed by atoms with Crippen molar-refractivity contribution in [3.8, 4) is 0 Å². The Hall–Kier alpha value is -1.68. The quantitative estimate of drug-likeness (QED) is 0.826. The SMILES string of the molecule is OC(c1ccco1)c1cc(F)ccc1F. The average Bonchev–Trinajstić information content (AvgIpc) is 2.74. The fourth-order valence-electron chi connectivity index (χ4n) is 1.32. The van der Waals surface area contributed by atoms with E-state index in [1.807, 2.05) is 0 Å². The number of hydrogen-bond donors (Lipinski definition) is 1. The molecule has 4 heteroatoms. The number of aliphatic hydroxyl groups is 1. The van der Waals surface area contributed by atoms with Gasteiger partial charge in [0.25, 0.3) is 0 Å². The van der Waals surface area contributed by atoms with Crippen LogP contribution in [-0.4, -0.2) is 5.11 Å². The third-order valence-corrected chi connectivity index (χ3v) is 2.07. The van der Waals surface area contributed by atoms with Gasteiger partial charge < -0.3 is 9.52 Å². The molecule has 0 amide bonds. The third-order valence-electron chi connectivity index (χ3n) is 2.07. The summed E-state index contributed by atoms with van der Waals surface area (Å²) >= 11 is 0. The highest BCUT2D eigenvalue weighted by Crippen LogP contribution is 2.25. The van der Waals surface area contributed by atoms with Crippen molar-refractivity contribution in [3.05, 3.63) is 59.6 Å². The number of furan rings is 1. The van der Waals surface area contributed by atoms with E-state index < -0.39 is 17.7 Å². The van der Waals surface area contributed by atoms with Gasteiger partial charge in [0.05, 0.1) is 6.26 Å². The van der Waals surface area contributed by atoms with Crippen LogP contribution in [-0.2, 0) is 0 Å². The summed E-state index contributed by atoms with van der Waals surface area (Å²) in [5, 5.41) is 9.69. The Kier molecular flexibility index (Phi) is 2.51. The van der Waals surface area contributed by atoms with Crippen LogP contribution < -0.4 is 0 Å². The van der Waals surface area contributed by atoms with Crippen molar-refractivity contribution in [1.82, 2.24) is 0 Å². The van der Waals surface area contributed by atoms with Crippen molar-refractivity contribution in [2.75, 3.05) is 0 Å². The van der Waals surface area contributed by atoms with Crippen LogP contribution in [0.15, 0.2) is 41.0 Å². The number of halogens is 2. The second-order valence-corrected chi connectivity index (χ2v) is 3.08. The molecule has 1 unspecified atom stereocenters. The minimum Gasteiger partial charge on any atom is -0.466 e. The molecule has 0 saturated carbocycles. The van der Waals surface area contributed by atoms with Crippen molar-refractivity contribution in [3.63, 3.8) is 0 Å². The van der Waals surface area contributed by atoms with Crippen LogP contribution in [0.5, 0.6) is 0 Å². The molecule has 0 fully saturated rings. The van der Waals surface area contributed by atoms with Gasteiger partial charge in [-0.25, -0.2) is 8.78 Å². The predicted molar refractivity (Wildman–Crippen MR) is 49.1 cm³/mol. The molecule has 2 aromatic rings. The predicted octanol–water partition coefficient (Wildman–Crippen LogP) is 2.64. The molecule has 0 radical (unpaired) electrons. The van der Waals surface area contributed by atoms with Crippen molar-refractivity contribution in [1.29, 1.82) is 0 Å². The Balaban J connectivity index is 2.41. The van der Waals surface area contributed by atoms with Crippen molar-refractivity contribution >= 4 is 0 Å². The zero-order valence-electron chi connectivity index (χ0n) is 7.65. The molecule has 1 aromatic heterocycles. The van der Waals surface area contributed by atoms with Gasteiger partial charge in [-0.2, -0.15) is 0 Å². The van der Waals surface area contributed by atoms with Gasteiger partial charge in [-0.05, 0) is 30.3 Å². The molecular weight excluding hydrogens is 202 g/mol. The van der Waals surface area contributed by atoms with Gasteiger partial charge in [0.1, 0.15) is 23.5 Å². The van der Waals surface area contributed by atoms with E-state index in [2.05, 4.69) is 0 Å². The topological polar surface area (TPSA) is 33.4 Å². The summed E-state index contributed by atoms with van der Waals surface area (Å²) in [5.41, 5.74) is -0.134. The van der Waals surface area contributed by atoms with E-state index in [-0.39, 0.29) is 11.3 Å². The molecule has 1 heterocycles. The largest absolute Gasteiger partial charge is 0.466 e. The Morgan fingerprint density at radius 3 is 2.67 bits per heavy atom.